The molecule has 6 heteroatoms. The first-order valence-corrected chi connectivity index (χ1v) is 13.2. The molecule has 0 aliphatic rings. The Hall–Kier alpha value is -1.65. The molecule has 0 fully saturated rings. The average molecular weight is 653 g/mol. The Morgan fingerprint density at radius 2 is 1.65 bits per heavy atom. The highest BCUT2D eigenvalue weighted by molar-refractivity contribution is 14.1. The van der Waals surface area contributed by atoms with Gasteiger partial charge in [0.2, 0.25) is 5.52 Å². The van der Waals surface area contributed by atoms with Crippen LogP contribution >= 0.6 is 56.5 Å². The molecule has 0 N–H and O–H groups in total. The summed E-state index contributed by atoms with van der Waals surface area (Å²) >= 11 is 6.67. The Kier molecular flexibility index (Phi) is 7.18. The molecule has 3 nitrogen and oxygen atoms in total. The minimum Gasteiger partial charge on any atom is -0.497 e. The predicted molar refractivity (Wildman–Crippen MR) is 149 cm³/mol. The second-order valence-corrected chi connectivity index (χ2v) is 10.3. The van der Waals surface area contributed by atoms with Gasteiger partial charge in [-0.2, -0.15) is 4.57 Å². The van der Waals surface area contributed by atoms with Gasteiger partial charge in [0.1, 0.15) is 10.4 Å². The van der Waals surface area contributed by atoms with E-state index in [9.17, 15) is 0 Å². The van der Waals surface area contributed by atoms with Crippen LogP contribution in [0.2, 0.25) is 0 Å². The number of anilines is 1. The first-order valence-electron chi connectivity index (χ1n) is 9.82. The lowest BCUT2D eigenvalue weighted by molar-refractivity contribution is -0.641. The van der Waals surface area contributed by atoms with E-state index in [1.54, 1.807) is 7.11 Å². The van der Waals surface area contributed by atoms with Crippen LogP contribution in [0.15, 0.2) is 66.7 Å². The monoisotopic (exact) mass is 653 g/mol. The average Bonchev–Trinajstić information content (AvgIpc) is 3.13. The van der Waals surface area contributed by atoms with Crippen LogP contribution in [0.1, 0.15) is 16.1 Å². The zero-order chi connectivity index (χ0) is 22.0. The van der Waals surface area contributed by atoms with Gasteiger partial charge in [-0.05, 0) is 98.3 Å². The maximum Gasteiger partial charge on any atom is 0.264 e. The second kappa shape index (κ2) is 9.87. The molecule has 0 atom stereocenters. The number of aromatic nitrogens is 1. The minimum absolute atomic E-state index is 0.866. The van der Waals surface area contributed by atoms with Crippen molar-refractivity contribution in [1.29, 1.82) is 0 Å². The molecule has 0 saturated carbocycles. The first kappa shape index (κ1) is 22.5. The van der Waals surface area contributed by atoms with Gasteiger partial charge < -0.3 is 9.64 Å². The number of nitrogens with zero attached hydrogens (tertiary/aromatic N) is 2. The number of hydrogen-bond donors (Lipinski definition) is 0. The van der Waals surface area contributed by atoms with Gasteiger partial charge in [-0.3, -0.25) is 0 Å². The van der Waals surface area contributed by atoms with E-state index in [0.29, 0.717) is 0 Å². The van der Waals surface area contributed by atoms with Gasteiger partial charge in [0.25, 0.3) is 5.01 Å². The molecule has 0 saturated heterocycles. The second-order valence-electron chi connectivity index (χ2n) is 7.33. The van der Waals surface area contributed by atoms with Crippen molar-refractivity contribution in [3.05, 3.63) is 86.4 Å². The number of ether oxygens (including phenoxy) is 1. The van der Waals surface area contributed by atoms with E-state index >= 15 is 0 Å². The highest BCUT2D eigenvalue weighted by Crippen LogP contribution is 2.31. The molecule has 1 heterocycles. The van der Waals surface area contributed by atoms with Crippen LogP contribution in [-0.2, 0) is 4.55 Å². The maximum absolute atomic E-state index is 5.37. The standard InChI is InChI=1S/C25H23I2N2OS/c1-28(2)20-9-4-17(5-10-20)22(18-6-11-21(30-3)12-7-18)15-25-29(16-26)23-13-8-19(27)14-24(23)31-25/h4-15H,16H2,1-3H3/q+1. The lowest BCUT2D eigenvalue weighted by atomic mass is 9.97. The van der Waals surface area contributed by atoms with E-state index in [4.69, 9.17) is 4.74 Å². The van der Waals surface area contributed by atoms with Crippen LogP contribution < -0.4 is 14.2 Å². The molecule has 31 heavy (non-hydrogen) atoms. The number of benzene rings is 3. The maximum atomic E-state index is 5.37. The molecular weight excluding hydrogens is 630 g/mol. The summed E-state index contributed by atoms with van der Waals surface area (Å²) in [6.07, 6.45) is 2.32. The largest absolute Gasteiger partial charge is 0.497 e. The number of fused-ring (bicyclic) bond motifs is 1. The van der Waals surface area contributed by atoms with E-state index in [0.717, 1.165) is 10.3 Å². The van der Waals surface area contributed by atoms with Crippen molar-refractivity contribution in [1.82, 2.24) is 0 Å². The minimum atomic E-state index is 0.866. The number of rotatable bonds is 6. The Labute approximate surface area is 214 Å². The molecule has 158 valence electrons. The summed E-state index contributed by atoms with van der Waals surface area (Å²) in [7, 11) is 5.84. The van der Waals surface area contributed by atoms with E-state index in [-0.39, 0.29) is 0 Å². The van der Waals surface area contributed by atoms with Crippen LogP contribution in [0.5, 0.6) is 5.75 Å². The van der Waals surface area contributed by atoms with Gasteiger partial charge in [-0.25, -0.2) is 0 Å². The molecule has 0 radical (unpaired) electrons. The molecule has 0 aliphatic carbocycles. The molecule has 4 aromatic rings. The van der Waals surface area contributed by atoms with Gasteiger partial charge in [-0.15, -0.1) is 0 Å². The summed E-state index contributed by atoms with van der Waals surface area (Å²) in [4.78, 5) is 2.12. The summed E-state index contributed by atoms with van der Waals surface area (Å²) in [5, 5.41) is 1.24. The number of methoxy groups -OCH3 is 1. The third kappa shape index (κ3) is 4.90. The van der Waals surface area contributed by atoms with Crippen molar-refractivity contribution in [2.45, 2.75) is 4.55 Å². The molecule has 0 bridgehead atoms. The molecule has 1 aromatic heterocycles. The van der Waals surface area contributed by atoms with Crippen molar-refractivity contribution in [3.63, 3.8) is 0 Å². The normalized spacial score (nSPS) is 11.7. The van der Waals surface area contributed by atoms with Gasteiger partial charge in [0, 0.05) is 35.5 Å². The van der Waals surface area contributed by atoms with Gasteiger partial charge >= 0.3 is 0 Å². The molecule has 4 rings (SSSR count). The summed E-state index contributed by atoms with van der Waals surface area (Å²) < 4.78 is 11.2. The fourth-order valence-electron chi connectivity index (χ4n) is 3.48. The zero-order valence-electron chi connectivity index (χ0n) is 17.6. The summed E-state index contributed by atoms with van der Waals surface area (Å²) in [5.41, 5.74) is 6.04. The third-order valence-corrected chi connectivity index (χ3v) is 7.62. The fraction of sp³-hybridized carbons (Fsp3) is 0.160. The van der Waals surface area contributed by atoms with Crippen molar-refractivity contribution >= 4 is 84.1 Å². The summed E-state index contributed by atoms with van der Waals surface area (Å²) in [5.74, 6) is 0.866. The first-order chi connectivity index (χ1) is 15.0. The number of alkyl halides is 1. The van der Waals surface area contributed by atoms with Crippen LogP contribution in [0, 0.1) is 3.57 Å². The quantitative estimate of drug-likeness (QED) is 0.129. The van der Waals surface area contributed by atoms with Gasteiger partial charge in [-0.1, -0.05) is 35.6 Å². The van der Waals surface area contributed by atoms with Gasteiger partial charge in [0.05, 0.1) is 7.11 Å². The van der Waals surface area contributed by atoms with Gasteiger partial charge in [0.15, 0.2) is 4.55 Å². The predicted octanol–water partition coefficient (Wildman–Crippen LogP) is 6.85. The third-order valence-electron chi connectivity index (χ3n) is 5.18. The van der Waals surface area contributed by atoms with E-state index in [1.165, 1.54) is 41.2 Å². The molecule has 3 aromatic carbocycles. The molecule has 0 amide bonds. The number of halogens is 2. The van der Waals surface area contributed by atoms with E-state index in [2.05, 4.69) is 129 Å². The molecule has 0 spiro atoms. The highest BCUT2D eigenvalue weighted by Gasteiger charge is 2.20. The smallest absolute Gasteiger partial charge is 0.264 e. The fourth-order valence-corrected chi connectivity index (χ4v) is 6.29. The van der Waals surface area contributed by atoms with Crippen LogP contribution in [-0.4, -0.2) is 21.2 Å². The van der Waals surface area contributed by atoms with E-state index < -0.39 is 0 Å². The van der Waals surface area contributed by atoms with Crippen molar-refractivity contribution in [2.24, 2.45) is 0 Å². The van der Waals surface area contributed by atoms with E-state index in [1.807, 2.05) is 23.5 Å². The molecule has 0 aliphatic heterocycles. The van der Waals surface area contributed by atoms with Crippen molar-refractivity contribution < 1.29 is 9.30 Å². The molecule has 0 unspecified atom stereocenters. The SMILES string of the molecule is COc1ccc(/C(=C/c2sc3cc(I)ccc3[n+]2CI)c2ccc(N(C)C)cc2)cc1. The Morgan fingerprint density at radius 3 is 2.23 bits per heavy atom. The number of hydrogen-bond acceptors (Lipinski definition) is 3. The topological polar surface area (TPSA) is 16.4 Å². The zero-order valence-corrected chi connectivity index (χ0v) is 22.7. The summed E-state index contributed by atoms with van der Waals surface area (Å²) in [6.45, 7) is 0. The number of thiazole rings is 1. The van der Waals surface area contributed by atoms with Crippen LogP contribution in [0.25, 0.3) is 21.9 Å². The van der Waals surface area contributed by atoms with Crippen LogP contribution in [0.3, 0.4) is 0 Å². The summed E-state index contributed by atoms with van der Waals surface area (Å²) in [6, 6.07) is 23.7. The lowest BCUT2D eigenvalue weighted by Gasteiger charge is -2.14. The molecular formula is C25H23I2N2OS+. The van der Waals surface area contributed by atoms with Crippen molar-refractivity contribution in [2.75, 3.05) is 26.1 Å². The Bertz CT molecular complexity index is 1230. The Morgan fingerprint density at radius 1 is 1.00 bits per heavy atom. The van der Waals surface area contributed by atoms with Crippen molar-refractivity contribution in [3.8, 4) is 5.75 Å². The highest BCUT2D eigenvalue weighted by atomic mass is 127. The lowest BCUT2D eigenvalue weighted by Crippen LogP contribution is -2.32. The van der Waals surface area contributed by atoms with Crippen LogP contribution in [0.4, 0.5) is 5.69 Å². The Balaban J connectivity index is 1.89.